The van der Waals surface area contributed by atoms with Crippen molar-refractivity contribution in [2.75, 3.05) is 25.5 Å². The maximum absolute atomic E-state index is 12.1. The maximum Gasteiger partial charge on any atom is 0.331 e. The topological polar surface area (TPSA) is 75.7 Å². The van der Waals surface area contributed by atoms with Crippen LogP contribution in [0.4, 0.5) is 5.69 Å². The first-order valence-corrected chi connectivity index (χ1v) is 9.48. The number of nitrogens with zero attached hydrogens (tertiary/aromatic N) is 1. The lowest BCUT2D eigenvalue weighted by molar-refractivity contribution is -0.148. The first-order valence-electron chi connectivity index (χ1n) is 8.34. The summed E-state index contributed by atoms with van der Waals surface area (Å²) in [5, 5.41) is 3.84. The predicted molar refractivity (Wildman–Crippen MR) is 114 cm³/mol. The van der Waals surface area contributed by atoms with E-state index < -0.39 is 24.4 Å². The lowest BCUT2D eigenvalue weighted by atomic mass is 10.2. The maximum atomic E-state index is 12.1. The molecule has 0 saturated carbocycles. The second-order valence-electron chi connectivity index (χ2n) is 5.88. The molecule has 0 aliphatic heterocycles. The first-order chi connectivity index (χ1) is 13.8. The fraction of sp³-hybridized carbons (Fsp3) is 0.150. The Bertz CT molecular complexity index is 947. The highest BCUT2D eigenvalue weighted by Crippen LogP contribution is 2.22. The molecule has 152 valence electrons. The number of nitrogens with one attached hydrogen (secondary N) is 1. The van der Waals surface area contributed by atoms with E-state index >= 15 is 0 Å². The van der Waals surface area contributed by atoms with Crippen LogP contribution in [0.3, 0.4) is 0 Å². The standard InChI is InChI=1S/C20H17Cl3N2O4/c1-25(11-18(26)24-17-5-3-2-4-15(17)22)19(27)12-29-20(28)9-7-13-6-8-14(21)10-16(13)23/h2-10H,11-12H2,1H3,(H,24,26)/b9-7+. The van der Waals surface area contributed by atoms with Crippen LogP contribution in [0.5, 0.6) is 0 Å². The number of amides is 2. The van der Waals surface area contributed by atoms with Gasteiger partial charge in [-0.1, -0.05) is 53.0 Å². The van der Waals surface area contributed by atoms with Crippen molar-refractivity contribution < 1.29 is 19.1 Å². The molecule has 0 bridgehead atoms. The van der Waals surface area contributed by atoms with E-state index in [0.717, 1.165) is 11.0 Å². The van der Waals surface area contributed by atoms with Crippen molar-refractivity contribution in [2.45, 2.75) is 0 Å². The van der Waals surface area contributed by atoms with Gasteiger partial charge in [-0.25, -0.2) is 4.79 Å². The quantitative estimate of drug-likeness (QED) is 0.499. The largest absolute Gasteiger partial charge is 0.452 e. The van der Waals surface area contributed by atoms with Crippen LogP contribution >= 0.6 is 34.8 Å². The Kier molecular flexibility index (Phi) is 8.51. The highest BCUT2D eigenvalue weighted by atomic mass is 35.5. The number of para-hydroxylation sites is 1. The first kappa shape index (κ1) is 22.7. The van der Waals surface area contributed by atoms with Crippen molar-refractivity contribution in [2.24, 2.45) is 0 Å². The predicted octanol–water partition coefficient (Wildman–Crippen LogP) is 4.30. The monoisotopic (exact) mass is 454 g/mol. The second-order valence-corrected chi connectivity index (χ2v) is 7.14. The van der Waals surface area contributed by atoms with E-state index in [1.807, 2.05) is 0 Å². The van der Waals surface area contributed by atoms with E-state index in [1.165, 1.54) is 13.1 Å². The summed E-state index contributed by atoms with van der Waals surface area (Å²) in [6.45, 7) is -0.731. The molecule has 0 atom stereocenters. The molecule has 0 radical (unpaired) electrons. The van der Waals surface area contributed by atoms with Gasteiger partial charge in [-0.3, -0.25) is 9.59 Å². The molecule has 0 fully saturated rings. The normalized spacial score (nSPS) is 10.6. The Morgan fingerprint density at radius 1 is 1.07 bits per heavy atom. The van der Waals surface area contributed by atoms with Gasteiger partial charge in [-0.15, -0.1) is 0 Å². The van der Waals surface area contributed by atoms with Crippen LogP contribution in [-0.4, -0.2) is 42.9 Å². The zero-order valence-corrected chi connectivity index (χ0v) is 17.6. The van der Waals surface area contributed by atoms with Crippen LogP contribution in [0.25, 0.3) is 6.08 Å². The van der Waals surface area contributed by atoms with Gasteiger partial charge in [-0.05, 0) is 35.9 Å². The molecule has 0 aliphatic rings. The summed E-state index contributed by atoms with van der Waals surface area (Å²) in [5.74, 6) is -1.69. The van der Waals surface area contributed by atoms with E-state index in [9.17, 15) is 14.4 Å². The smallest absolute Gasteiger partial charge is 0.331 e. The van der Waals surface area contributed by atoms with E-state index in [2.05, 4.69) is 5.32 Å². The Hall–Kier alpha value is -2.54. The van der Waals surface area contributed by atoms with Crippen LogP contribution in [0.2, 0.25) is 15.1 Å². The highest BCUT2D eigenvalue weighted by molar-refractivity contribution is 6.35. The Labute approximate surface area is 183 Å². The number of halogens is 3. The van der Waals surface area contributed by atoms with Crippen molar-refractivity contribution in [1.29, 1.82) is 0 Å². The van der Waals surface area contributed by atoms with Gasteiger partial charge in [0, 0.05) is 23.2 Å². The summed E-state index contributed by atoms with van der Waals surface area (Å²) in [7, 11) is 1.42. The number of esters is 1. The van der Waals surface area contributed by atoms with Gasteiger partial charge in [0.15, 0.2) is 6.61 Å². The Balaban J connectivity index is 1.80. The van der Waals surface area contributed by atoms with Crippen LogP contribution in [0.15, 0.2) is 48.5 Å². The zero-order chi connectivity index (χ0) is 21.4. The van der Waals surface area contributed by atoms with E-state index in [-0.39, 0.29) is 6.54 Å². The van der Waals surface area contributed by atoms with Gasteiger partial charge in [-0.2, -0.15) is 0 Å². The molecule has 6 nitrogen and oxygen atoms in total. The second kappa shape index (κ2) is 10.9. The molecule has 0 aromatic heterocycles. The molecule has 2 aromatic carbocycles. The minimum atomic E-state index is -0.724. The van der Waals surface area contributed by atoms with Gasteiger partial charge in [0.1, 0.15) is 0 Å². The fourth-order valence-corrected chi connectivity index (χ4v) is 2.80. The minimum Gasteiger partial charge on any atom is -0.452 e. The molecular weight excluding hydrogens is 439 g/mol. The molecule has 0 saturated heterocycles. The van der Waals surface area contributed by atoms with Crippen LogP contribution in [-0.2, 0) is 19.1 Å². The SMILES string of the molecule is CN(CC(=O)Nc1ccccc1Cl)C(=O)COC(=O)/C=C/c1ccc(Cl)cc1Cl. The van der Waals surface area contributed by atoms with E-state index in [0.29, 0.717) is 26.3 Å². The lowest BCUT2D eigenvalue weighted by Gasteiger charge is -2.16. The number of hydrogen-bond donors (Lipinski definition) is 1. The summed E-state index contributed by atoms with van der Waals surface area (Å²) in [6.07, 6.45) is 2.60. The number of likely N-dealkylation sites (N-methyl/N-ethyl adjacent to an activating group) is 1. The number of ether oxygens (including phenoxy) is 1. The van der Waals surface area contributed by atoms with Crippen molar-refractivity contribution in [3.8, 4) is 0 Å². The fourth-order valence-electron chi connectivity index (χ4n) is 2.14. The summed E-state index contributed by atoms with van der Waals surface area (Å²) in [4.78, 5) is 37.0. The molecular formula is C20H17Cl3N2O4. The van der Waals surface area contributed by atoms with Crippen molar-refractivity contribution in [1.82, 2.24) is 4.90 Å². The van der Waals surface area contributed by atoms with E-state index in [1.54, 1.807) is 42.5 Å². The number of rotatable bonds is 7. The van der Waals surface area contributed by atoms with Crippen LogP contribution < -0.4 is 5.32 Å². The van der Waals surface area contributed by atoms with Gasteiger partial charge in [0.25, 0.3) is 5.91 Å². The lowest BCUT2D eigenvalue weighted by Crippen LogP contribution is -2.37. The highest BCUT2D eigenvalue weighted by Gasteiger charge is 2.15. The molecule has 2 amide bonds. The summed E-state index contributed by atoms with van der Waals surface area (Å²) < 4.78 is 4.89. The van der Waals surface area contributed by atoms with Crippen LogP contribution in [0, 0.1) is 0 Å². The molecule has 1 N–H and O–H groups in total. The molecule has 2 aromatic rings. The Morgan fingerprint density at radius 2 is 1.79 bits per heavy atom. The van der Waals surface area contributed by atoms with Gasteiger partial charge in [0.05, 0.1) is 17.3 Å². The molecule has 0 aliphatic carbocycles. The summed E-state index contributed by atoms with van der Waals surface area (Å²) in [5.41, 5.74) is 1.02. The number of anilines is 1. The third-order valence-electron chi connectivity index (χ3n) is 3.65. The number of hydrogen-bond acceptors (Lipinski definition) is 4. The van der Waals surface area contributed by atoms with Gasteiger partial charge in [0.2, 0.25) is 5.91 Å². The number of carbonyl (C=O) groups is 3. The summed E-state index contributed by atoms with van der Waals surface area (Å²) in [6, 6.07) is 11.5. The third-order valence-corrected chi connectivity index (χ3v) is 4.55. The zero-order valence-electron chi connectivity index (χ0n) is 15.3. The van der Waals surface area contributed by atoms with E-state index in [4.69, 9.17) is 39.5 Å². The summed E-state index contributed by atoms with van der Waals surface area (Å²) >= 11 is 17.8. The molecule has 9 heteroatoms. The minimum absolute atomic E-state index is 0.224. The molecule has 0 spiro atoms. The average Bonchev–Trinajstić information content (AvgIpc) is 2.67. The van der Waals surface area contributed by atoms with Crippen molar-refractivity contribution in [3.05, 3.63) is 69.2 Å². The van der Waals surface area contributed by atoms with Crippen molar-refractivity contribution >= 4 is 64.3 Å². The van der Waals surface area contributed by atoms with Gasteiger partial charge >= 0.3 is 5.97 Å². The van der Waals surface area contributed by atoms with Gasteiger partial charge < -0.3 is 15.0 Å². The molecule has 29 heavy (non-hydrogen) atoms. The van der Waals surface area contributed by atoms with Crippen LogP contribution in [0.1, 0.15) is 5.56 Å². The van der Waals surface area contributed by atoms with Crippen molar-refractivity contribution in [3.63, 3.8) is 0 Å². The Morgan fingerprint density at radius 3 is 2.48 bits per heavy atom. The molecule has 2 rings (SSSR count). The molecule has 0 heterocycles. The third kappa shape index (κ3) is 7.42. The molecule has 0 unspecified atom stereocenters. The average molecular weight is 456 g/mol. The number of carbonyl (C=O) groups excluding carboxylic acids is 3. The number of benzene rings is 2.